The van der Waals surface area contributed by atoms with E-state index in [0.29, 0.717) is 30.8 Å². The summed E-state index contributed by atoms with van der Waals surface area (Å²) in [7, 11) is 1.66. The Labute approximate surface area is 146 Å². The zero-order valence-electron chi connectivity index (χ0n) is 14.6. The number of pyridine rings is 1. The number of esters is 1. The van der Waals surface area contributed by atoms with Gasteiger partial charge in [0.2, 0.25) is 0 Å². The van der Waals surface area contributed by atoms with E-state index in [-0.39, 0.29) is 23.3 Å². The summed E-state index contributed by atoms with van der Waals surface area (Å²) in [5.41, 5.74) is 1.11. The summed E-state index contributed by atoms with van der Waals surface area (Å²) in [5, 5.41) is 0.831. The summed E-state index contributed by atoms with van der Waals surface area (Å²) in [6.07, 6.45) is 1.73. The Bertz CT molecular complexity index is 846. The molecule has 1 aliphatic heterocycles. The molecule has 1 aromatic heterocycles. The summed E-state index contributed by atoms with van der Waals surface area (Å²) in [5.74, 6) is -0.648. The molecule has 1 saturated heterocycles. The highest BCUT2D eigenvalue weighted by molar-refractivity contribution is 5.79. The van der Waals surface area contributed by atoms with Crippen LogP contribution in [0.3, 0.4) is 0 Å². The number of carbonyl (C=O) groups excluding carboxylic acids is 1. The first-order chi connectivity index (χ1) is 12.0. The Kier molecular flexibility index (Phi) is 5.18. The van der Waals surface area contributed by atoms with Crippen molar-refractivity contribution in [1.29, 1.82) is 0 Å². The van der Waals surface area contributed by atoms with Crippen LogP contribution in [0.1, 0.15) is 25.3 Å². The summed E-state index contributed by atoms with van der Waals surface area (Å²) in [6, 6.07) is 6.28. The molecule has 5 nitrogen and oxygen atoms in total. The molecule has 6 heteroatoms. The topological polar surface area (TPSA) is 51.5 Å². The predicted octanol–water partition coefficient (Wildman–Crippen LogP) is 2.45. The lowest BCUT2D eigenvalue weighted by atomic mass is 9.97. The molecule has 1 atom stereocenters. The van der Waals surface area contributed by atoms with Gasteiger partial charge in [-0.1, -0.05) is 0 Å². The van der Waals surface area contributed by atoms with E-state index in [4.69, 9.17) is 4.74 Å². The summed E-state index contributed by atoms with van der Waals surface area (Å²) in [6.45, 7) is 4.12. The Morgan fingerprint density at radius 1 is 1.36 bits per heavy atom. The molecule has 1 fully saturated rings. The van der Waals surface area contributed by atoms with Gasteiger partial charge in [-0.25, -0.2) is 4.39 Å². The van der Waals surface area contributed by atoms with Gasteiger partial charge in [-0.3, -0.25) is 14.5 Å². The quantitative estimate of drug-likeness (QED) is 0.798. The average Bonchev–Trinajstić information content (AvgIpc) is 2.60. The van der Waals surface area contributed by atoms with Crippen molar-refractivity contribution in [3.8, 4) is 0 Å². The number of benzene rings is 1. The van der Waals surface area contributed by atoms with Crippen LogP contribution in [0.4, 0.5) is 4.39 Å². The van der Waals surface area contributed by atoms with E-state index in [0.717, 1.165) is 24.8 Å². The van der Waals surface area contributed by atoms with Crippen molar-refractivity contribution in [1.82, 2.24) is 9.47 Å². The maximum atomic E-state index is 13.4. The first-order valence-corrected chi connectivity index (χ1v) is 8.66. The zero-order valence-corrected chi connectivity index (χ0v) is 14.6. The van der Waals surface area contributed by atoms with Gasteiger partial charge in [0.15, 0.2) is 0 Å². The third-order valence-corrected chi connectivity index (χ3v) is 4.78. The maximum absolute atomic E-state index is 13.4. The van der Waals surface area contributed by atoms with Crippen LogP contribution in [0, 0.1) is 11.7 Å². The first-order valence-electron chi connectivity index (χ1n) is 8.66. The highest BCUT2D eigenvalue weighted by Gasteiger charge is 2.27. The van der Waals surface area contributed by atoms with Crippen LogP contribution in [-0.2, 0) is 23.1 Å². The van der Waals surface area contributed by atoms with E-state index in [1.807, 2.05) is 6.07 Å². The number of carbonyl (C=O) groups is 1. The fourth-order valence-corrected chi connectivity index (χ4v) is 3.51. The van der Waals surface area contributed by atoms with Gasteiger partial charge in [-0.05, 0) is 56.0 Å². The van der Waals surface area contributed by atoms with E-state index in [2.05, 4.69) is 4.90 Å². The van der Waals surface area contributed by atoms with Crippen LogP contribution in [-0.4, -0.2) is 35.1 Å². The van der Waals surface area contributed by atoms with E-state index >= 15 is 0 Å². The molecule has 0 spiro atoms. The molecule has 3 rings (SSSR count). The fourth-order valence-electron chi connectivity index (χ4n) is 3.51. The van der Waals surface area contributed by atoms with Crippen molar-refractivity contribution in [3.05, 3.63) is 46.0 Å². The molecule has 1 aliphatic rings. The van der Waals surface area contributed by atoms with Crippen molar-refractivity contribution in [2.75, 3.05) is 19.7 Å². The van der Waals surface area contributed by atoms with Crippen LogP contribution in [0.2, 0.25) is 0 Å². The number of fused-ring (bicyclic) bond motifs is 1. The second-order valence-electron chi connectivity index (χ2n) is 6.56. The molecule has 0 N–H and O–H groups in total. The molecule has 1 aromatic carbocycles. The number of piperidine rings is 1. The number of aromatic nitrogens is 1. The van der Waals surface area contributed by atoms with Gasteiger partial charge >= 0.3 is 5.97 Å². The second-order valence-corrected chi connectivity index (χ2v) is 6.56. The largest absolute Gasteiger partial charge is 0.466 e. The minimum absolute atomic E-state index is 0.128. The van der Waals surface area contributed by atoms with Gasteiger partial charge < -0.3 is 9.30 Å². The molecular weight excluding hydrogens is 323 g/mol. The molecule has 25 heavy (non-hydrogen) atoms. The standard InChI is InChI=1S/C19H23FN2O3/c1-3-25-19(24)14-5-4-8-22(11-14)12-15-9-13-6-7-16(20)10-17(13)21(2)18(15)23/h6-7,9-10,14H,3-5,8,11-12H2,1-2H3. The second kappa shape index (κ2) is 7.35. The summed E-state index contributed by atoms with van der Waals surface area (Å²) in [4.78, 5) is 26.7. The monoisotopic (exact) mass is 346 g/mol. The van der Waals surface area contributed by atoms with Crippen LogP contribution in [0.15, 0.2) is 29.1 Å². The average molecular weight is 346 g/mol. The molecule has 0 aliphatic carbocycles. The molecule has 2 aromatic rings. The molecule has 0 saturated carbocycles. The maximum Gasteiger partial charge on any atom is 0.310 e. The SMILES string of the molecule is CCOC(=O)C1CCCN(Cc2cc3ccc(F)cc3n(C)c2=O)C1. The number of likely N-dealkylation sites (tertiary alicyclic amines) is 1. The van der Waals surface area contributed by atoms with Crippen LogP contribution in [0.25, 0.3) is 10.9 Å². The Morgan fingerprint density at radius 3 is 2.92 bits per heavy atom. The van der Waals surface area contributed by atoms with E-state index in [9.17, 15) is 14.0 Å². The molecule has 0 bridgehead atoms. The van der Waals surface area contributed by atoms with Crippen LogP contribution < -0.4 is 5.56 Å². The van der Waals surface area contributed by atoms with Gasteiger partial charge in [0.1, 0.15) is 5.82 Å². The van der Waals surface area contributed by atoms with Crippen molar-refractivity contribution in [2.24, 2.45) is 13.0 Å². The number of rotatable bonds is 4. The highest BCUT2D eigenvalue weighted by atomic mass is 19.1. The third-order valence-electron chi connectivity index (χ3n) is 4.78. The molecular formula is C19H23FN2O3. The summed E-state index contributed by atoms with van der Waals surface area (Å²) >= 11 is 0. The van der Waals surface area contributed by atoms with Crippen LogP contribution >= 0.6 is 0 Å². The van der Waals surface area contributed by atoms with E-state index in [1.165, 1.54) is 16.7 Å². The fraction of sp³-hybridized carbons (Fsp3) is 0.474. The molecule has 0 amide bonds. The van der Waals surface area contributed by atoms with Crippen molar-refractivity contribution >= 4 is 16.9 Å². The minimum atomic E-state index is -0.358. The number of ether oxygens (including phenoxy) is 1. The van der Waals surface area contributed by atoms with Gasteiger partial charge in [0.25, 0.3) is 5.56 Å². The number of halogens is 1. The number of hydrogen-bond donors (Lipinski definition) is 0. The molecule has 2 heterocycles. The van der Waals surface area contributed by atoms with Gasteiger partial charge in [0, 0.05) is 25.7 Å². The lowest BCUT2D eigenvalue weighted by molar-refractivity contribution is -0.150. The lowest BCUT2D eigenvalue weighted by Crippen LogP contribution is -2.40. The van der Waals surface area contributed by atoms with Crippen molar-refractivity contribution in [3.63, 3.8) is 0 Å². The molecule has 0 radical (unpaired) electrons. The Hall–Kier alpha value is -2.21. The number of aryl methyl sites for hydroxylation is 1. The Balaban J connectivity index is 1.83. The van der Waals surface area contributed by atoms with Gasteiger partial charge in [0.05, 0.1) is 18.0 Å². The van der Waals surface area contributed by atoms with Crippen molar-refractivity contribution < 1.29 is 13.9 Å². The van der Waals surface area contributed by atoms with Gasteiger partial charge in [-0.2, -0.15) is 0 Å². The predicted molar refractivity (Wildman–Crippen MR) is 93.8 cm³/mol. The van der Waals surface area contributed by atoms with Crippen molar-refractivity contribution in [2.45, 2.75) is 26.3 Å². The normalized spacial score (nSPS) is 18.4. The zero-order chi connectivity index (χ0) is 18.0. The minimum Gasteiger partial charge on any atom is -0.466 e. The number of hydrogen-bond acceptors (Lipinski definition) is 4. The lowest BCUT2D eigenvalue weighted by Gasteiger charge is -2.31. The van der Waals surface area contributed by atoms with E-state index < -0.39 is 0 Å². The van der Waals surface area contributed by atoms with E-state index in [1.54, 1.807) is 20.0 Å². The summed E-state index contributed by atoms with van der Waals surface area (Å²) < 4.78 is 20.0. The third kappa shape index (κ3) is 3.74. The van der Waals surface area contributed by atoms with Gasteiger partial charge in [-0.15, -0.1) is 0 Å². The Morgan fingerprint density at radius 2 is 2.16 bits per heavy atom. The first kappa shape index (κ1) is 17.6. The number of nitrogens with zero attached hydrogens (tertiary/aromatic N) is 2. The van der Waals surface area contributed by atoms with Crippen LogP contribution in [0.5, 0.6) is 0 Å². The highest BCUT2D eigenvalue weighted by Crippen LogP contribution is 2.21. The smallest absolute Gasteiger partial charge is 0.310 e. The molecule has 1 unspecified atom stereocenters. The molecule has 134 valence electrons.